The number of aromatic carboxylic acids is 1. The topological polar surface area (TPSA) is 62.2 Å². The van der Waals surface area contributed by atoms with Crippen molar-refractivity contribution in [2.24, 2.45) is 5.92 Å². The van der Waals surface area contributed by atoms with Crippen LogP contribution in [0.4, 0.5) is 10.2 Å². The molecule has 5 heteroatoms. The van der Waals surface area contributed by atoms with Gasteiger partial charge in [0.25, 0.3) is 0 Å². The average molecular weight is 210 g/mol. The van der Waals surface area contributed by atoms with E-state index in [-0.39, 0.29) is 11.4 Å². The molecule has 2 N–H and O–H groups in total. The normalized spacial score (nSPS) is 15.0. The number of nitrogens with zero attached hydrogens (tertiary/aromatic N) is 1. The van der Waals surface area contributed by atoms with Gasteiger partial charge in [0, 0.05) is 12.7 Å². The second kappa shape index (κ2) is 3.84. The number of rotatable bonds is 4. The predicted molar refractivity (Wildman–Crippen MR) is 52.4 cm³/mol. The van der Waals surface area contributed by atoms with Crippen molar-refractivity contribution in [3.63, 3.8) is 0 Å². The summed E-state index contributed by atoms with van der Waals surface area (Å²) in [5.41, 5.74) is -0.344. The summed E-state index contributed by atoms with van der Waals surface area (Å²) in [5, 5.41) is 11.5. The molecular formula is C10H11FN2O2. The lowest BCUT2D eigenvalue weighted by molar-refractivity contribution is 0.0692. The summed E-state index contributed by atoms with van der Waals surface area (Å²) in [7, 11) is 0. The predicted octanol–water partition coefficient (Wildman–Crippen LogP) is 1.74. The number of halogens is 1. The van der Waals surface area contributed by atoms with Gasteiger partial charge in [-0.05, 0) is 24.8 Å². The summed E-state index contributed by atoms with van der Waals surface area (Å²) in [4.78, 5) is 14.4. The molecule has 0 amide bonds. The zero-order valence-corrected chi connectivity index (χ0v) is 8.03. The summed E-state index contributed by atoms with van der Waals surface area (Å²) < 4.78 is 13.5. The van der Waals surface area contributed by atoms with Gasteiger partial charge in [-0.15, -0.1) is 0 Å². The van der Waals surface area contributed by atoms with Crippen LogP contribution < -0.4 is 5.32 Å². The molecule has 1 aliphatic carbocycles. The van der Waals surface area contributed by atoms with Gasteiger partial charge in [-0.25, -0.2) is 14.2 Å². The molecule has 0 spiro atoms. The average Bonchev–Trinajstić information content (AvgIpc) is 2.99. The van der Waals surface area contributed by atoms with Crippen molar-refractivity contribution >= 4 is 11.8 Å². The molecule has 15 heavy (non-hydrogen) atoms. The molecule has 1 aliphatic rings. The van der Waals surface area contributed by atoms with E-state index in [2.05, 4.69) is 10.3 Å². The molecule has 0 atom stereocenters. The van der Waals surface area contributed by atoms with Gasteiger partial charge in [-0.3, -0.25) is 0 Å². The fourth-order valence-electron chi connectivity index (χ4n) is 1.30. The summed E-state index contributed by atoms with van der Waals surface area (Å²) in [5.74, 6) is -1.45. The summed E-state index contributed by atoms with van der Waals surface area (Å²) in [6, 6.07) is 1.15. The second-order valence-corrected chi connectivity index (χ2v) is 3.65. The number of carboxylic acids is 1. The van der Waals surface area contributed by atoms with E-state index in [4.69, 9.17) is 5.11 Å². The lowest BCUT2D eigenvalue weighted by Crippen LogP contribution is -2.10. The smallest absolute Gasteiger partial charge is 0.338 e. The molecule has 1 saturated carbocycles. The van der Waals surface area contributed by atoms with E-state index < -0.39 is 11.8 Å². The number of aromatic nitrogens is 1. The van der Waals surface area contributed by atoms with Crippen molar-refractivity contribution in [1.82, 2.24) is 4.98 Å². The Morgan fingerprint density at radius 2 is 2.40 bits per heavy atom. The van der Waals surface area contributed by atoms with E-state index in [9.17, 15) is 9.18 Å². The third kappa shape index (κ3) is 2.23. The highest BCUT2D eigenvalue weighted by molar-refractivity contribution is 5.88. The van der Waals surface area contributed by atoms with E-state index in [1.807, 2.05) is 0 Å². The molecule has 1 aromatic heterocycles. The molecule has 4 nitrogen and oxygen atoms in total. The Morgan fingerprint density at radius 3 is 3.00 bits per heavy atom. The van der Waals surface area contributed by atoms with Gasteiger partial charge in [-0.1, -0.05) is 0 Å². The fraction of sp³-hybridized carbons (Fsp3) is 0.400. The minimum atomic E-state index is -1.27. The number of nitrogens with one attached hydrogen (secondary N) is 1. The van der Waals surface area contributed by atoms with Crippen LogP contribution in [0.2, 0.25) is 0 Å². The lowest BCUT2D eigenvalue weighted by atomic mass is 10.2. The third-order valence-corrected chi connectivity index (χ3v) is 2.37. The van der Waals surface area contributed by atoms with E-state index in [1.165, 1.54) is 6.20 Å². The van der Waals surface area contributed by atoms with Crippen LogP contribution in [0.1, 0.15) is 23.2 Å². The Kier molecular flexibility index (Phi) is 2.53. The number of hydrogen-bond acceptors (Lipinski definition) is 3. The van der Waals surface area contributed by atoms with Gasteiger partial charge in [0.05, 0.1) is 0 Å². The molecule has 1 aromatic rings. The van der Waals surface area contributed by atoms with E-state index in [1.54, 1.807) is 0 Å². The highest BCUT2D eigenvalue weighted by Gasteiger charge is 2.22. The van der Waals surface area contributed by atoms with Gasteiger partial charge in [-0.2, -0.15) is 0 Å². The van der Waals surface area contributed by atoms with Crippen LogP contribution in [0.5, 0.6) is 0 Å². The van der Waals surface area contributed by atoms with Crippen molar-refractivity contribution in [1.29, 1.82) is 0 Å². The number of carbonyl (C=O) groups is 1. The van der Waals surface area contributed by atoms with Crippen LogP contribution in [-0.4, -0.2) is 22.6 Å². The summed E-state index contributed by atoms with van der Waals surface area (Å²) in [6.07, 6.45) is 3.59. The minimum Gasteiger partial charge on any atom is -0.478 e. The lowest BCUT2D eigenvalue weighted by Gasteiger charge is -2.06. The van der Waals surface area contributed by atoms with E-state index in [0.717, 1.165) is 18.9 Å². The van der Waals surface area contributed by atoms with Crippen LogP contribution in [0.15, 0.2) is 12.3 Å². The maximum absolute atomic E-state index is 13.5. The molecule has 80 valence electrons. The second-order valence-electron chi connectivity index (χ2n) is 3.65. The van der Waals surface area contributed by atoms with Gasteiger partial charge in [0.15, 0.2) is 11.6 Å². The Bertz CT molecular complexity index is 391. The fourth-order valence-corrected chi connectivity index (χ4v) is 1.30. The number of pyridine rings is 1. The third-order valence-electron chi connectivity index (χ3n) is 2.37. The van der Waals surface area contributed by atoms with Gasteiger partial charge in [0.2, 0.25) is 0 Å². The molecule has 1 heterocycles. The molecule has 0 radical (unpaired) electrons. The van der Waals surface area contributed by atoms with Crippen molar-refractivity contribution in [3.05, 3.63) is 23.6 Å². The zero-order valence-electron chi connectivity index (χ0n) is 8.03. The Morgan fingerprint density at radius 1 is 1.67 bits per heavy atom. The monoisotopic (exact) mass is 210 g/mol. The standard InChI is InChI=1S/C10H11FN2O2/c11-8-7(10(14)15)3-4-12-9(8)13-5-6-1-2-6/h3-4,6H,1-2,5H2,(H,12,13)(H,14,15). The quantitative estimate of drug-likeness (QED) is 0.794. The Labute approximate surface area is 86.1 Å². The highest BCUT2D eigenvalue weighted by Crippen LogP contribution is 2.29. The van der Waals surface area contributed by atoms with E-state index in [0.29, 0.717) is 12.5 Å². The van der Waals surface area contributed by atoms with Crippen molar-refractivity contribution in [2.75, 3.05) is 11.9 Å². The van der Waals surface area contributed by atoms with E-state index >= 15 is 0 Å². The van der Waals surface area contributed by atoms with Gasteiger partial charge >= 0.3 is 5.97 Å². The minimum absolute atomic E-state index is 0.0294. The van der Waals surface area contributed by atoms with Gasteiger partial charge in [0.1, 0.15) is 5.56 Å². The first-order valence-corrected chi connectivity index (χ1v) is 4.80. The first kappa shape index (κ1) is 9.89. The first-order chi connectivity index (χ1) is 7.18. The van der Waals surface area contributed by atoms with Gasteiger partial charge < -0.3 is 10.4 Å². The van der Waals surface area contributed by atoms with Crippen LogP contribution in [0.3, 0.4) is 0 Å². The maximum atomic E-state index is 13.5. The SMILES string of the molecule is O=C(O)c1ccnc(NCC2CC2)c1F. The van der Waals surface area contributed by atoms with Crippen LogP contribution >= 0.6 is 0 Å². The molecule has 0 aliphatic heterocycles. The van der Waals surface area contributed by atoms with Crippen LogP contribution in [-0.2, 0) is 0 Å². The van der Waals surface area contributed by atoms with Crippen molar-refractivity contribution < 1.29 is 14.3 Å². The Hall–Kier alpha value is -1.65. The molecular weight excluding hydrogens is 199 g/mol. The van der Waals surface area contributed by atoms with Crippen LogP contribution in [0, 0.1) is 11.7 Å². The summed E-state index contributed by atoms with van der Waals surface area (Å²) in [6.45, 7) is 0.660. The van der Waals surface area contributed by atoms with Crippen LogP contribution in [0.25, 0.3) is 0 Å². The first-order valence-electron chi connectivity index (χ1n) is 4.80. The maximum Gasteiger partial charge on any atom is 0.338 e. The van der Waals surface area contributed by atoms with Crippen molar-refractivity contribution in [3.8, 4) is 0 Å². The largest absolute Gasteiger partial charge is 0.478 e. The zero-order chi connectivity index (χ0) is 10.8. The molecule has 0 bridgehead atoms. The summed E-state index contributed by atoms with van der Waals surface area (Å²) >= 11 is 0. The number of anilines is 1. The number of carboxylic acid groups (broad SMARTS) is 1. The molecule has 1 fully saturated rings. The highest BCUT2D eigenvalue weighted by atomic mass is 19.1. The molecule has 0 aromatic carbocycles. The van der Waals surface area contributed by atoms with Crippen molar-refractivity contribution in [2.45, 2.75) is 12.8 Å². The molecule has 0 unspecified atom stereocenters. The molecule has 0 saturated heterocycles. The Balaban J connectivity index is 2.14. The molecule has 2 rings (SSSR count). The number of hydrogen-bond donors (Lipinski definition) is 2.